The van der Waals surface area contributed by atoms with Crippen LogP contribution in [0.2, 0.25) is 0 Å². The van der Waals surface area contributed by atoms with Gasteiger partial charge in [0.1, 0.15) is 12.3 Å². The minimum atomic E-state index is -0.788. The van der Waals surface area contributed by atoms with E-state index in [2.05, 4.69) is 15.9 Å². The van der Waals surface area contributed by atoms with Crippen LogP contribution in [0.3, 0.4) is 0 Å². The summed E-state index contributed by atoms with van der Waals surface area (Å²) in [4.78, 5) is 48.8. The minimum Gasteiger partial charge on any atom is -0.422 e. The molecule has 0 radical (unpaired) electrons. The van der Waals surface area contributed by atoms with E-state index >= 15 is 0 Å². The summed E-state index contributed by atoms with van der Waals surface area (Å²) in [5.74, 6) is -1.75. The Morgan fingerprint density at radius 1 is 1.17 bits per heavy atom. The molecule has 148 valence electrons. The first-order valence-corrected chi connectivity index (χ1v) is 9.97. The Bertz CT molecular complexity index is 1050. The number of amides is 3. The molecule has 1 fully saturated rings. The molecule has 0 unspecified atom stereocenters. The summed E-state index contributed by atoms with van der Waals surface area (Å²) in [6, 6.07) is 11.8. The average Bonchev–Trinajstić information content (AvgIpc) is 2.91. The monoisotopic (exact) mass is 474 g/mol. The van der Waals surface area contributed by atoms with Gasteiger partial charge in [0.2, 0.25) is 5.91 Å². The van der Waals surface area contributed by atoms with Crippen LogP contribution in [-0.2, 0) is 9.59 Å². The van der Waals surface area contributed by atoms with Gasteiger partial charge in [0.25, 0.3) is 11.1 Å². The lowest BCUT2D eigenvalue weighted by Crippen LogP contribution is -2.36. The molecule has 2 N–H and O–H groups in total. The molecule has 2 aromatic carbocycles. The van der Waals surface area contributed by atoms with Crippen molar-refractivity contribution in [3.63, 3.8) is 0 Å². The van der Waals surface area contributed by atoms with E-state index < -0.39 is 29.6 Å². The number of benzene rings is 2. The molecule has 0 spiro atoms. The lowest BCUT2D eigenvalue weighted by molar-refractivity contribution is -0.127. The number of esters is 1. The second-order valence-electron chi connectivity index (χ2n) is 6.17. The number of nitrogens with zero attached hydrogens (tertiary/aromatic N) is 1. The SMILES string of the molecule is Cc1ccc(C(=O)Oc2ccc(Br)cc2/C=C2\SC(=O)N(CC(N)=O)C2=O)cc1. The lowest BCUT2D eigenvalue weighted by Gasteiger charge is -2.10. The lowest BCUT2D eigenvalue weighted by atomic mass is 10.1. The van der Waals surface area contributed by atoms with Gasteiger partial charge in [-0.2, -0.15) is 0 Å². The Morgan fingerprint density at radius 3 is 2.52 bits per heavy atom. The molecule has 1 saturated heterocycles. The molecule has 0 saturated carbocycles. The smallest absolute Gasteiger partial charge is 0.343 e. The Kier molecular flexibility index (Phi) is 6.19. The maximum Gasteiger partial charge on any atom is 0.343 e. The van der Waals surface area contributed by atoms with Crippen molar-refractivity contribution in [3.05, 3.63) is 68.5 Å². The zero-order chi connectivity index (χ0) is 21.1. The molecule has 0 aliphatic carbocycles. The number of ether oxygens (including phenoxy) is 1. The molecule has 7 nitrogen and oxygen atoms in total. The zero-order valence-corrected chi connectivity index (χ0v) is 17.6. The largest absolute Gasteiger partial charge is 0.422 e. The Balaban J connectivity index is 1.89. The number of hydrogen-bond acceptors (Lipinski definition) is 6. The van der Waals surface area contributed by atoms with E-state index in [9.17, 15) is 19.2 Å². The van der Waals surface area contributed by atoms with E-state index in [0.29, 0.717) is 27.4 Å². The van der Waals surface area contributed by atoms with Crippen LogP contribution >= 0.6 is 27.7 Å². The summed E-state index contributed by atoms with van der Waals surface area (Å²) in [5, 5.41) is -0.590. The summed E-state index contributed by atoms with van der Waals surface area (Å²) in [6.45, 7) is 1.42. The molecular formula is C20H15BrN2O5S. The van der Waals surface area contributed by atoms with E-state index in [1.54, 1.807) is 42.5 Å². The number of carbonyl (C=O) groups is 4. The van der Waals surface area contributed by atoms with Crippen molar-refractivity contribution in [2.24, 2.45) is 5.73 Å². The van der Waals surface area contributed by atoms with Crippen LogP contribution in [0.1, 0.15) is 21.5 Å². The summed E-state index contributed by atoms with van der Waals surface area (Å²) < 4.78 is 6.18. The van der Waals surface area contributed by atoms with E-state index in [1.165, 1.54) is 6.08 Å². The summed E-state index contributed by atoms with van der Waals surface area (Å²) in [6.07, 6.45) is 1.44. The van der Waals surface area contributed by atoms with Gasteiger partial charge < -0.3 is 10.5 Å². The fourth-order valence-electron chi connectivity index (χ4n) is 2.51. The van der Waals surface area contributed by atoms with Gasteiger partial charge in [-0.1, -0.05) is 33.6 Å². The Morgan fingerprint density at radius 2 is 1.86 bits per heavy atom. The quantitative estimate of drug-likeness (QED) is 0.403. The number of primary amides is 1. The third kappa shape index (κ3) is 4.93. The van der Waals surface area contributed by atoms with Gasteiger partial charge in [-0.15, -0.1) is 0 Å². The van der Waals surface area contributed by atoms with E-state index in [0.717, 1.165) is 10.5 Å². The van der Waals surface area contributed by atoms with Gasteiger partial charge >= 0.3 is 5.97 Å². The molecule has 3 amide bonds. The van der Waals surface area contributed by atoms with Crippen LogP contribution in [0.15, 0.2) is 51.8 Å². The predicted octanol–water partition coefficient (Wildman–Crippen LogP) is 3.50. The van der Waals surface area contributed by atoms with Crippen molar-refractivity contribution in [2.45, 2.75) is 6.92 Å². The molecule has 1 aliphatic rings. The normalized spacial score (nSPS) is 15.1. The van der Waals surface area contributed by atoms with Crippen LogP contribution in [0, 0.1) is 6.92 Å². The number of rotatable bonds is 5. The van der Waals surface area contributed by atoms with Crippen LogP contribution < -0.4 is 10.5 Å². The third-order valence-electron chi connectivity index (χ3n) is 3.94. The highest BCUT2D eigenvalue weighted by Crippen LogP contribution is 2.35. The standard InChI is InChI=1S/C20H15BrN2O5S/c1-11-2-4-12(5-3-11)19(26)28-15-7-6-14(21)8-13(15)9-16-18(25)23(10-17(22)24)20(27)29-16/h2-9H,10H2,1H3,(H2,22,24)/b16-9-. The number of thioether (sulfide) groups is 1. The average molecular weight is 475 g/mol. The molecule has 1 heterocycles. The minimum absolute atomic E-state index is 0.0991. The molecule has 0 atom stereocenters. The van der Waals surface area contributed by atoms with Gasteiger partial charge in [-0.05, 0) is 55.1 Å². The van der Waals surface area contributed by atoms with Gasteiger partial charge in [0, 0.05) is 10.0 Å². The molecule has 1 aliphatic heterocycles. The molecule has 0 aromatic heterocycles. The van der Waals surface area contributed by atoms with Crippen LogP contribution in [0.5, 0.6) is 5.75 Å². The third-order valence-corrected chi connectivity index (χ3v) is 5.34. The predicted molar refractivity (Wildman–Crippen MR) is 112 cm³/mol. The molecule has 2 aromatic rings. The molecule has 0 bridgehead atoms. The van der Waals surface area contributed by atoms with Crippen LogP contribution in [-0.4, -0.2) is 34.5 Å². The van der Waals surface area contributed by atoms with Crippen molar-refractivity contribution in [2.75, 3.05) is 6.54 Å². The molecule has 3 rings (SSSR count). The van der Waals surface area contributed by atoms with Gasteiger partial charge in [-0.25, -0.2) is 4.79 Å². The van der Waals surface area contributed by atoms with Crippen molar-refractivity contribution in [3.8, 4) is 5.75 Å². The van der Waals surface area contributed by atoms with Crippen molar-refractivity contribution >= 4 is 56.8 Å². The first kappa shape index (κ1) is 20.8. The summed E-state index contributed by atoms with van der Waals surface area (Å²) in [5.41, 5.74) is 6.89. The summed E-state index contributed by atoms with van der Waals surface area (Å²) in [7, 11) is 0. The topological polar surface area (TPSA) is 107 Å². The summed E-state index contributed by atoms with van der Waals surface area (Å²) >= 11 is 4.02. The second kappa shape index (κ2) is 8.62. The first-order valence-electron chi connectivity index (χ1n) is 8.36. The Labute approximate surface area is 179 Å². The maximum atomic E-state index is 12.4. The van der Waals surface area contributed by atoms with Gasteiger partial charge in [0.15, 0.2) is 0 Å². The second-order valence-corrected chi connectivity index (χ2v) is 8.08. The van der Waals surface area contributed by atoms with Crippen molar-refractivity contribution < 1.29 is 23.9 Å². The first-order chi connectivity index (χ1) is 13.7. The molecule has 29 heavy (non-hydrogen) atoms. The molecule has 9 heteroatoms. The van der Waals surface area contributed by atoms with Crippen LogP contribution in [0.4, 0.5) is 4.79 Å². The maximum absolute atomic E-state index is 12.4. The van der Waals surface area contributed by atoms with Crippen LogP contribution in [0.25, 0.3) is 6.08 Å². The fourth-order valence-corrected chi connectivity index (χ4v) is 3.71. The number of nitrogens with two attached hydrogens (primary N) is 1. The van der Waals surface area contributed by atoms with E-state index in [4.69, 9.17) is 10.5 Å². The number of halogens is 1. The van der Waals surface area contributed by atoms with E-state index in [1.807, 2.05) is 6.92 Å². The van der Waals surface area contributed by atoms with Gasteiger partial charge in [0.05, 0.1) is 10.5 Å². The zero-order valence-electron chi connectivity index (χ0n) is 15.2. The van der Waals surface area contributed by atoms with Gasteiger partial charge in [-0.3, -0.25) is 19.3 Å². The fraction of sp³-hybridized carbons (Fsp3) is 0.100. The number of aryl methyl sites for hydroxylation is 1. The molecular weight excluding hydrogens is 460 g/mol. The van der Waals surface area contributed by atoms with Crippen molar-refractivity contribution in [1.29, 1.82) is 0 Å². The highest BCUT2D eigenvalue weighted by atomic mass is 79.9. The number of imide groups is 1. The van der Waals surface area contributed by atoms with E-state index in [-0.39, 0.29) is 10.7 Å². The van der Waals surface area contributed by atoms with Crippen molar-refractivity contribution in [1.82, 2.24) is 4.90 Å². The number of hydrogen-bond donors (Lipinski definition) is 1. The highest BCUT2D eigenvalue weighted by molar-refractivity contribution is 9.10. The number of carbonyl (C=O) groups excluding carboxylic acids is 4. The Hall–Kier alpha value is -2.91. The highest BCUT2D eigenvalue weighted by Gasteiger charge is 2.36.